The molecule has 0 unspecified atom stereocenters. The molecule has 3 N–H and O–H groups in total. The predicted molar refractivity (Wildman–Crippen MR) is 116 cm³/mol. The predicted octanol–water partition coefficient (Wildman–Crippen LogP) is 2.84. The van der Waals surface area contributed by atoms with Crippen molar-refractivity contribution in [2.45, 2.75) is 43.4 Å². The van der Waals surface area contributed by atoms with Gasteiger partial charge in [0, 0.05) is 17.1 Å². The first-order chi connectivity index (χ1) is 15.4. The Morgan fingerprint density at radius 1 is 1.28 bits per heavy atom. The molecule has 3 heterocycles. The minimum Gasteiger partial charge on any atom is -0.411 e. The van der Waals surface area contributed by atoms with E-state index < -0.39 is 23.4 Å². The van der Waals surface area contributed by atoms with Crippen LogP contribution in [-0.2, 0) is 9.59 Å². The molecule has 2 fully saturated rings. The number of thioether (sulfide) groups is 1. The van der Waals surface area contributed by atoms with Gasteiger partial charge in [0.1, 0.15) is 5.54 Å². The highest BCUT2D eigenvalue weighted by Gasteiger charge is 2.52. The van der Waals surface area contributed by atoms with E-state index in [-0.39, 0.29) is 11.0 Å². The van der Waals surface area contributed by atoms with Gasteiger partial charge in [-0.05, 0) is 37.7 Å². The number of para-hydroxylation sites is 1. The van der Waals surface area contributed by atoms with Crippen LogP contribution in [0.2, 0.25) is 0 Å². The maximum atomic E-state index is 12.8. The van der Waals surface area contributed by atoms with E-state index in [1.165, 1.54) is 0 Å². The van der Waals surface area contributed by atoms with Crippen LogP contribution >= 0.6 is 11.8 Å². The van der Waals surface area contributed by atoms with Gasteiger partial charge >= 0.3 is 6.03 Å². The number of hydrogen-bond donors (Lipinski definition) is 3. The average molecular weight is 455 g/mol. The molecule has 1 aromatic carbocycles. The second-order valence-corrected chi connectivity index (χ2v) is 9.21. The summed E-state index contributed by atoms with van der Waals surface area (Å²) in [6.07, 6.45) is 4.68. The van der Waals surface area contributed by atoms with Gasteiger partial charge < -0.3 is 14.7 Å². The summed E-state index contributed by atoms with van der Waals surface area (Å²) in [4.78, 5) is 40.7. The number of nitrogens with one attached hydrogen (secondary N) is 3. The van der Waals surface area contributed by atoms with Crippen LogP contribution in [0.25, 0.3) is 22.4 Å². The van der Waals surface area contributed by atoms with Crippen molar-refractivity contribution in [2.75, 3.05) is 5.75 Å². The van der Waals surface area contributed by atoms with Crippen LogP contribution in [0.15, 0.2) is 40.1 Å². The highest BCUT2D eigenvalue weighted by molar-refractivity contribution is 7.99. The summed E-state index contributed by atoms with van der Waals surface area (Å²) in [5.41, 5.74) is 3.23. The number of amides is 4. The third-order valence-electron chi connectivity index (χ3n) is 6.08. The second kappa shape index (κ2) is 7.97. The van der Waals surface area contributed by atoms with Gasteiger partial charge in [0.15, 0.2) is 0 Å². The van der Waals surface area contributed by atoms with Gasteiger partial charge in [-0.15, -0.1) is 10.2 Å². The molecule has 1 spiro atoms. The van der Waals surface area contributed by atoms with E-state index in [4.69, 9.17) is 4.42 Å². The van der Waals surface area contributed by atoms with Gasteiger partial charge in [-0.2, -0.15) is 5.01 Å². The van der Waals surface area contributed by atoms with Gasteiger partial charge in [0.2, 0.25) is 5.91 Å². The molecule has 32 heavy (non-hydrogen) atoms. The molecule has 3 aromatic rings. The van der Waals surface area contributed by atoms with Crippen molar-refractivity contribution < 1.29 is 18.8 Å². The monoisotopic (exact) mass is 454 g/mol. The van der Waals surface area contributed by atoms with Crippen molar-refractivity contribution in [3.63, 3.8) is 0 Å². The van der Waals surface area contributed by atoms with Crippen molar-refractivity contribution in [3.05, 3.63) is 30.5 Å². The number of aromatic amines is 1. The van der Waals surface area contributed by atoms with Crippen molar-refractivity contribution in [1.82, 2.24) is 30.9 Å². The van der Waals surface area contributed by atoms with Crippen molar-refractivity contribution >= 4 is 40.5 Å². The van der Waals surface area contributed by atoms with Crippen LogP contribution < -0.4 is 10.7 Å². The van der Waals surface area contributed by atoms with Crippen molar-refractivity contribution in [3.8, 4) is 11.5 Å². The van der Waals surface area contributed by atoms with Crippen LogP contribution in [0.4, 0.5) is 4.79 Å². The van der Waals surface area contributed by atoms with Crippen LogP contribution in [0.5, 0.6) is 0 Å². The van der Waals surface area contributed by atoms with Gasteiger partial charge in [0.25, 0.3) is 17.0 Å². The number of benzene rings is 1. The molecular weight excluding hydrogens is 432 g/mol. The standard InChI is InChI=1S/C21H22N6O4S/c1-12-6-8-21(9-7-12)18(29)27(19(30)23-21)26-16(28)11-32-20-25-24-17(31-20)14-10-22-15-5-3-2-4-13(14)15/h2-5,10,12,22H,6-9,11H2,1H3,(H,23,30)(H,26,28). The Balaban J connectivity index is 1.20. The van der Waals surface area contributed by atoms with Crippen LogP contribution in [0, 0.1) is 5.92 Å². The third kappa shape index (κ3) is 3.62. The number of carbonyl (C=O) groups excluding carboxylic acids is 3. The summed E-state index contributed by atoms with van der Waals surface area (Å²) in [6, 6.07) is 7.15. The number of hydrazine groups is 1. The minimum atomic E-state index is -0.898. The van der Waals surface area contributed by atoms with Gasteiger partial charge in [0.05, 0.1) is 11.3 Å². The van der Waals surface area contributed by atoms with E-state index in [0.717, 1.165) is 46.1 Å². The zero-order valence-corrected chi connectivity index (χ0v) is 18.2. The van der Waals surface area contributed by atoms with Crippen molar-refractivity contribution in [1.29, 1.82) is 0 Å². The molecule has 1 aliphatic carbocycles. The fourth-order valence-corrected chi connectivity index (χ4v) is 4.78. The molecule has 10 nitrogen and oxygen atoms in total. The number of imide groups is 1. The molecule has 2 aliphatic rings. The maximum Gasteiger partial charge on any atom is 0.344 e. The van der Waals surface area contributed by atoms with E-state index in [1.807, 2.05) is 24.3 Å². The highest BCUT2D eigenvalue weighted by Crippen LogP contribution is 2.36. The molecule has 0 bridgehead atoms. The third-order valence-corrected chi connectivity index (χ3v) is 6.90. The number of rotatable bonds is 5. The van der Waals surface area contributed by atoms with E-state index in [9.17, 15) is 14.4 Å². The molecule has 0 atom stereocenters. The number of hydrogen-bond acceptors (Lipinski definition) is 7. The number of nitrogens with zero attached hydrogens (tertiary/aromatic N) is 3. The lowest BCUT2D eigenvalue weighted by atomic mass is 9.77. The Morgan fingerprint density at radius 2 is 2.06 bits per heavy atom. The van der Waals surface area contributed by atoms with Gasteiger partial charge in [-0.3, -0.25) is 15.0 Å². The Bertz CT molecular complexity index is 1200. The summed E-state index contributed by atoms with van der Waals surface area (Å²) in [5, 5.41) is 12.8. The van der Waals surface area contributed by atoms with E-state index in [0.29, 0.717) is 24.7 Å². The molecule has 1 aliphatic heterocycles. The fraction of sp³-hybridized carbons (Fsp3) is 0.381. The number of aromatic nitrogens is 3. The Morgan fingerprint density at radius 3 is 2.88 bits per heavy atom. The number of carbonyl (C=O) groups is 3. The number of H-pyrrole nitrogens is 1. The fourth-order valence-electron chi connectivity index (χ4n) is 4.23. The molecule has 2 aromatic heterocycles. The zero-order chi connectivity index (χ0) is 22.3. The largest absolute Gasteiger partial charge is 0.411 e. The Labute approximate surface area is 187 Å². The van der Waals surface area contributed by atoms with Crippen LogP contribution in [0.1, 0.15) is 32.6 Å². The lowest BCUT2D eigenvalue weighted by Crippen LogP contribution is -2.51. The molecule has 1 saturated carbocycles. The summed E-state index contributed by atoms with van der Waals surface area (Å²) < 4.78 is 5.68. The van der Waals surface area contributed by atoms with E-state index in [2.05, 4.69) is 32.8 Å². The summed E-state index contributed by atoms with van der Waals surface area (Å²) in [6.45, 7) is 2.13. The lowest BCUT2D eigenvalue weighted by Gasteiger charge is -2.33. The summed E-state index contributed by atoms with van der Waals surface area (Å²) in [5.74, 6) is -0.128. The number of fused-ring (bicyclic) bond motifs is 1. The first-order valence-corrected chi connectivity index (χ1v) is 11.4. The SMILES string of the molecule is CC1CCC2(CC1)NC(=O)N(NC(=O)CSc1nnc(-c3c[nH]c4ccccc34)o1)C2=O. The first kappa shape index (κ1) is 20.6. The molecule has 5 rings (SSSR count). The topological polar surface area (TPSA) is 133 Å². The highest BCUT2D eigenvalue weighted by atomic mass is 32.2. The normalized spacial score (nSPS) is 23.2. The average Bonchev–Trinajstić information content (AvgIpc) is 3.48. The first-order valence-electron chi connectivity index (χ1n) is 10.4. The maximum absolute atomic E-state index is 12.8. The van der Waals surface area contributed by atoms with Crippen LogP contribution in [0.3, 0.4) is 0 Å². The number of urea groups is 1. The molecular formula is C21H22N6O4S. The molecule has 0 radical (unpaired) electrons. The second-order valence-electron chi connectivity index (χ2n) is 8.28. The molecule has 166 valence electrons. The van der Waals surface area contributed by atoms with Gasteiger partial charge in [-0.1, -0.05) is 36.9 Å². The smallest absolute Gasteiger partial charge is 0.344 e. The molecule has 1 saturated heterocycles. The van der Waals surface area contributed by atoms with Crippen LogP contribution in [-0.4, -0.2) is 49.3 Å². The van der Waals surface area contributed by atoms with Crippen molar-refractivity contribution in [2.24, 2.45) is 5.92 Å². The Kier molecular flexibility index (Phi) is 5.12. The molecule has 11 heteroatoms. The zero-order valence-electron chi connectivity index (χ0n) is 17.4. The quantitative estimate of drug-likeness (QED) is 0.399. The van der Waals surface area contributed by atoms with E-state index >= 15 is 0 Å². The van der Waals surface area contributed by atoms with E-state index in [1.54, 1.807) is 6.20 Å². The Hall–Kier alpha value is -3.34. The molecule has 4 amide bonds. The summed E-state index contributed by atoms with van der Waals surface area (Å²) >= 11 is 1.03. The lowest BCUT2D eigenvalue weighted by molar-refractivity contribution is -0.139. The summed E-state index contributed by atoms with van der Waals surface area (Å²) in [7, 11) is 0. The van der Waals surface area contributed by atoms with Gasteiger partial charge in [-0.25, -0.2) is 4.79 Å². The minimum absolute atomic E-state index is 0.0867.